The summed E-state index contributed by atoms with van der Waals surface area (Å²) < 4.78 is 0. The standard InChI is InChI=1S/C33H24/c1-21-11-9-19-29-31(21)25-15-3-4-16-26(25)32-22(2)12-10-20-30(32)33(29)27-17-7-5-13-23(27)24-14-6-8-18-28(24)33/h3-20H,1-2H3. The number of benzene rings is 5. The van der Waals surface area contributed by atoms with Gasteiger partial charge in [0.2, 0.25) is 0 Å². The molecule has 5 aromatic carbocycles. The summed E-state index contributed by atoms with van der Waals surface area (Å²) in [7, 11) is 0. The van der Waals surface area contributed by atoms with Crippen molar-refractivity contribution in [3.05, 3.63) is 143 Å². The van der Waals surface area contributed by atoms with Crippen LogP contribution in [0.1, 0.15) is 33.4 Å². The molecule has 0 N–H and O–H groups in total. The Morgan fingerprint density at radius 1 is 0.364 bits per heavy atom. The Hall–Kier alpha value is -3.90. The number of hydrogen-bond donors (Lipinski definition) is 0. The van der Waals surface area contributed by atoms with Gasteiger partial charge >= 0.3 is 0 Å². The Morgan fingerprint density at radius 3 is 1.18 bits per heavy atom. The highest BCUT2D eigenvalue weighted by atomic mass is 14.5. The molecule has 0 heteroatoms. The van der Waals surface area contributed by atoms with Gasteiger partial charge in [0, 0.05) is 0 Å². The first kappa shape index (κ1) is 18.7. The number of fused-ring (bicyclic) bond motifs is 12. The molecule has 2 aliphatic rings. The SMILES string of the molecule is Cc1cccc2c1-c1ccccc1-c1c(C)cccc1C21c2ccccc2-c2ccccc21. The van der Waals surface area contributed by atoms with Crippen LogP contribution in [0.15, 0.2) is 109 Å². The normalized spacial score (nSPS) is 14.0. The average Bonchev–Trinajstić information content (AvgIpc) is 3.08. The van der Waals surface area contributed by atoms with Crippen molar-refractivity contribution >= 4 is 0 Å². The van der Waals surface area contributed by atoms with Crippen LogP contribution in [0, 0.1) is 13.8 Å². The molecular weight excluding hydrogens is 396 g/mol. The quantitative estimate of drug-likeness (QED) is 0.231. The molecule has 156 valence electrons. The van der Waals surface area contributed by atoms with Gasteiger partial charge in [0.05, 0.1) is 5.41 Å². The summed E-state index contributed by atoms with van der Waals surface area (Å²) in [5, 5.41) is 0. The molecule has 0 aromatic heterocycles. The molecule has 1 spiro atoms. The van der Waals surface area contributed by atoms with Crippen LogP contribution < -0.4 is 0 Å². The molecule has 0 saturated heterocycles. The minimum Gasteiger partial charge on any atom is -0.0619 e. The van der Waals surface area contributed by atoms with Crippen molar-refractivity contribution < 1.29 is 0 Å². The van der Waals surface area contributed by atoms with E-state index in [1.807, 2.05) is 0 Å². The van der Waals surface area contributed by atoms with Crippen LogP contribution in [-0.4, -0.2) is 0 Å². The highest BCUT2D eigenvalue weighted by molar-refractivity contribution is 5.98. The molecule has 0 fully saturated rings. The lowest BCUT2D eigenvalue weighted by molar-refractivity contribution is 0.773. The number of hydrogen-bond acceptors (Lipinski definition) is 0. The molecule has 2 aliphatic carbocycles. The molecule has 0 bridgehead atoms. The molecule has 7 rings (SSSR count). The van der Waals surface area contributed by atoms with Crippen LogP contribution in [0.25, 0.3) is 33.4 Å². The first-order valence-electron chi connectivity index (χ1n) is 11.7. The molecule has 0 saturated carbocycles. The second-order valence-corrected chi connectivity index (χ2v) is 9.38. The van der Waals surface area contributed by atoms with E-state index in [1.54, 1.807) is 0 Å². The van der Waals surface area contributed by atoms with Gasteiger partial charge in [-0.2, -0.15) is 0 Å². The summed E-state index contributed by atoms with van der Waals surface area (Å²) in [6.45, 7) is 4.53. The van der Waals surface area contributed by atoms with E-state index in [0.29, 0.717) is 0 Å². The minimum atomic E-state index is -0.352. The first-order chi connectivity index (χ1) is 16.2. The van der Waals surface area contributed by atoms with E-state index in [9.17, 15) is 0 Å². The van der Waals surface area contributed by atoms with Crippen LogP contribution in [0.3, 0.4) is 0 Å². The second kappa shape index (κ2) is 6.56. The zero-order valence-corrected chi connectivity index (χ0v) is 18.9. The number of rotatable bonds is 0. The fraction of sp³-hybridized carbons (Fsp3) is 0.0909. The molecule has 0 nitrogen and oxygen atoms in total. The van der Waals surface area contributed by atoms with Crippen LogP contribution in [0.5, 0.6) is 0 Å². The van der Waals surface area contributed by atoms with Gasteiger partial charge < -0.3 is 0 Å². The predicted molar refractivity (Wildman–Crippen MR) is 138 cm³/mol. The lowest BCUT2D eigenvalue weighted by Gasteiger charge is -2.36. The Kier molecular flexibility index (Phi) is 3.71. The Labute approximate surface area is 195 Å². The zero-order valence-electron chi connectivity index (χ0n) is 18.9. The number of aryl methyl sites for hydroxylation is 2. The molecule has 0 aliphatic heterocycles. The van der Waals surface area contributed by atoms with Gasteiger partial charge in [0.15, 0.2) is 0 Å². The van der Waals surface area contributed by atoms with Gasteiger partial charge in [0.25, 0.3) is 0 Å². The van der Waals surface area contributed by atoms with E-state index in [2.05, 4.69) is 123 Å². The summed E-state index contributed by atoms with van der Waals surface area (Å²) >= 11 is 0. The monoisotopic (exact) mass is 420 g/mol. The third-order valence-corrected chi connectivity index (χ3v) is 7.77. The van der Waals surface area contributed by atoms with Crippen LogP contribution in [0.2, 0.25) is 0 Å². The average molecular weight is 421 g/mol. The maximum Gasteiger partial charge on any atom is 0.0725 e. The van der Waals surface area contributed by atoms with Gasteiger partial charge in [0.1, 0.15) is 0 Å². The van der Waals surface area contributed by atoms with Gasteiger partial charge in [-0.05, 0) is 80.6 Å². The molecule has 0 amide bonds. The molecule has 5 aromatic rings. The van der Waals surface area contributed by atoms with Crippen LogP contribution >= 0.6 is 0 Å². The van der Waals surface area contributed by atoms with Crippen molar-refractivity contribution in [1.82, 2.24) is 0 Å². The largest absolute Gasteiger partial charge is 0.0725 e. The zero-order chi connectivity index (χ0) is 22.2. The van der Waals surface area contributed by atoms with Gasteiger partial charge in [-0.25, -0.2) is 0 Å². The van der Waals surface area contributed by atoms with Crippen molar-refractivity contribution in [3.8, 4) is 33.4 Å². The molecule has 0 radical (unpaired) electrons. The maximum atomic E-state index is 2.37. The van der Waals surface area contributed by atoms with E-state index in [0.717, 1.165) is 0 Å². The van der Waals surface area contributed by atoms with E-state index in [4.69, 9.17) is 0 Å². The van der Waals surface area contributed by atoms with Crippen molar-refractivity contribution in [2.45, 2.75) is 19.3 Å². The maximum absolute atomic E-state index is 2.37. The second-order valence-electron chi connectivity index (χ2n) is 9.38. The first-order valence-corrected chi connectivity index (χ1v) is 11.7. The van der Waals surface area contributed by atoms with E-state index < -0.39 is 0 Å². The third-order valence-electron chi connectivity index (χ3n) is 7.77. The van der Waals surface area contributed by atoms with Crippen LogP contribution in [0.4, 0.5) is 0 Å². The van der Waals surface area contributed by atoms with Crippen molar-refractivity contribution in [2.24, 2.45) is 0 Å². The molecule has 0 atom stereocenters. The lowest BCUT2D eigenvalue weighted by atomic mass is 9.65. The molecule has 0 heterocycles. The summed E-state index contributed by atoms with van der Waals surface area (Å²) in [5.74, 6) is 0. The van der Waals surface area contributed by atoms with E-state index in [1.165, 1.54) is 66.8 Å². The molecule has 33 heavy (non-hydrogen) atoms. The van der Waals surface area contributed by atoms with E-state index >= 15 is 0 Å². The summed E-state index contributed by atoms with van der Waals surface area (Å²) in [6.07, 6.45) is 0. The summed E-state index contributed by atoms with van der Waals surface area (Å²) in [4.78, 5) is 0. The van der Waals surface area contributed by atoms with Gasteiger partial charge in [-0.15, -0.1) is 0 Å². The van der Waals surface area contributed by atoms with Crippen molar-refractivity contribution in [3.63, 3.8) is 0 Å². The Balaban J connectivity index is 1.81. The van der Waals surface area contributed by atoms with Crippen molar-refractivity contribution in [2.75, 3.05) is 0 Å². The van der Waals surface area contributed by atoms with Crippen molar-refractivity contribution in [1.29, 1.82) is 0 Å². The Morgan fingerprint density at radius 2 is 0.727 bits per heavy atom. The van der Waals surface area contributed by atoms with Gasteiger partial charge in [-0.1, -0.05) is 109 Å². The molecular formula is C33H24. The minimum absolute atomic E-state index is 0.352. The lowest BCUT2D eigenvalue weighted by Crippen LogP contribution is -2.29. The molecule has 0 unspecified atom stereocenters. The summed E-state index contributed by atoms with van der Waals surface area (Å²) in [6, 6.07) is 40.8. The highest BCUT2D eigenvalue weighted by Crippen LogP contribution is 2.61. The van der Waals surface area contributed by atoms with Gasteiger partial charge in [-0.3, -0.25) is 0 Å². The topological polar surface area (TPSA) is 0 Å². The fourth-order valence-electron chi connectivity index (χ4n) is 6.56. The fourth-order valence-corrected chi connectivity index (χ4v) is 6.56. The summed E-state index contributed by atoms with van der Waals surface area (Å²) in [5.41, 5.74) is 15.9. The highest BCUT2D eigenvalue weighted by Gasteiger charge is 2.49. The predicted octanol–water partition coefficient (Wildman–Crippen LogP) is 8.31. The third kappa shape index (κ3) is 2.21. The van der Waals surface area contributed by atoms with Crippen LogP contribution in [-0.2, 0) is 5.41 Å². The van der Waals surface area contributed by atoms with E-state index in [-0.39, 0.29) is 5.41 Å². The Bertz CT molecular complexity index is 1460. The smallest absolute Gasteiger partial charge is 0.0619 e.